The summed E-state index contributed by atoms with van der Waals surface area (Å²) in [6.45, 7) is 11.3. The molecule has 6 heteroatoms. The fourth-order valence-corrected chi connectivity index (χ4v) is 3.33. The molecule has 0 atom stereocenters. The topological polar surface area (TPSA) is 56.9 Å². The van der Waals surface area contributed by atoms with Gasteiger partial charge in [-0.3, -0.25) is 14.8 Å². The molecule has 0 aliphatic carbocycles. The average Bonchev–Trinajstić information content (AvgIpc) is 2.67. The zero-order valence-corrected chi connectivity index (χ0v) is 19.2. The highest BCUT2D eigenvalue weighted by molar-refractivity contribution is 14.0. The summed E-state index contributed by atoms with van der Waals surface area (Å²) in [7, 11) is 0. The lowest BCUT2D eigenvalue weighted by Crippen LogP contribution is -2.46. The van der Waals surface area contributed by atoms with E-state index in [-0.39, 0.29) is 24.0 Å². The van der Waals surface area contributed by atoms with E-state index >= 15 is 0 Å². The Morgan fingerprint density at radius 3 is 2.32 bits per heavy atom. The number of hydrogen-bond donors (Lipinski definition) is 2. The molecule has 5 nitrogen and oxygen atoms in total. The molecule has 0 spiro atoms. The second-order valence-corrected chi connectivity index (χ2v) is 7.29. The largest absolute Gasteiger partial charge is 0.370 e. The number of aryl methyl sites for hydroxylation is 2. The monoisotopic (exact) mass is 493 g/mol. The zero-order chi connectivity index (χ0) is 19.1. The normalized spacial score (nSPS) is 15.9. The SMILES string of the molecule is Cc1ccc(NC(N)=NCCN2CCN(Cc3ccccc3)CC2)cc1C.I. The van der Waals surface area contributed by atoms with Crippen LogP contribution < -0.4 is 11.1 Å². The predicted molar refractivity (Wildman–Crippen MR) is 130 cm³/mol. The maximum atomic E-state index is 6.03. The molecule has 1 aliphatic rings. The van der Waals surface area contributed by atoms with Gasteiger partial charge in [0.2, 0.25) is 0 Å². The van der Waals surface area contributed by atoms with Crippen molar-refractivity contribution in [1.82, 2.24) is 9.80 Å². The maximum absolute atomic E-state index is 6.03. The van der Waals surface area contributed by atoms with Crippen LogP contribution >= 0.6 is 24.0 Å². The molecule has 3 N–H and O–H groups in total. The second-order valence-electron chi connectivity index (χ2n) is 7.29. The summed E-state index contributed by atoms with van der Waals surface area (Å²) in [6, 6.07) is 16.9. The lowest BCUT2D eigenvalue weighted by molar-refractivity contribution is 0.130. The lowest BCUT2D eigenvalue weighted by Gasteiger charge is -2.34. The molecular weight excluding hydrogens is 461 g/mol. The predicted octanol–water partition coefficient (Wildman–Crippen LogP) is 3.47. The standard InChI is InChI=1S/C22H31N5.HI/c1-18-8-9-21(16-19(18)2)25-22(23)24-10-11-26-12-14-27(15-13-26)17-20-6-4-3-5-7-20;/h3-9,16H,10-15,17H2,1-2H3,(H3,23,24,25);1H. The zero-order valence-electron chi connectivity index (χ0n) is 16.9. The van der Waals surface area contributed by atoms with E-state index < -0.39 is 0 Å². The fraction of sp³-hybridized carbons (Fsp3) is 0.409. The van der Waals surface area contributed by atoms with E-state index in [0.717, 1.165) is 51.5 Å². The molecule has 3 rings (SSSR count). The molecule has 1 fully saturated rings. The van der Waals surface area contributed by atoms with E-state index in [0.29, 0.717) is 5.96 Å². The quantitative estimate of drug-likeness (QED) is 0.368. The van der Waals surface area contributed by atoms with E-state index in [4.69, 9.17) is 5.73 Å². The molecule has 0 radical (unpaired) electrons. The molecule has 28 heavy (non-hydrogen) atoms. The minimum atomic E-state index is 0. The summed E-state index contributed by atoms with van der Waals surface area (Å²) in [4.78, 5) is 9.47. The first-order chi connectivity index (χ1) is 13.1. The minimum absolute atomic E-state index is 0. The van der Waals surface area contributed by atoms with Crippen LogP contribution in [0.5, 0.6) is 0 Å². The number of guanidine groups is 1. The van der Waals surface area contributed by atoms with E-state index in [1.54, 1.807) is 0 Å². The Labute approximate surface area is 186 Å². The van der Waals surface area contributed by atoms with Crippen molar-refractivity contribution < 1.29 is 0 Å². The molecule has 1 aliphatic heterocycles. The number of nitrogens with one attached hydrogen (secondary N) is 1. The lowest BCUT2D eigenvalue weighted by atomic mass is 10.1. The van der Waals surface area contributed by atoms with Crippen LogP contribution in [-0.4, -0.2) is 55.0 Å². The van der Waals surface area contributed by atoms with Gasteiger partial charge in [0.05, 0.1) is 6.54 Å². The van der Waals surface area contributed by atoms with Gasteiger partial charge >= 0.3 is 0 Å². The first-order valence-electron chi connectivity index (χ1n) is 9.73. The number of halogens is 1. The van der Waals surface area contributed by atoms with Crippen molar-refractivity contribution in [3.05, 3.63) is 65.2 Å². The molecular formula is C22H32IN5. The summed E-state index contributed by atoms with van der Waals surface area (Å²) in [5.41, 5.74) is 10.9. The van der Waals surface area contributed by atoms with Crippen LogP contribution in [0.3, 0.4) is 0 Å². The van der Waals surface area contributed by atoms with Crippen LogP contribution in [0.4, 0.5) is 5.69 Å². The number of aliphatic imine (C=N–C) groups is 1. The summed E-state index contributed by atoms with van der Waals surface area (Å²) >= 11 is 0. The first-order valence-corrected chi connectivity index (χ1v) is 9.73. The Bertz CT molecular complexity index is 755. The van der Waals surface area contributed by atoms with Crippen LogP contribution in [0.15, 0.2) is 53.5 Å². The molecule has 0 amide bonds. The van der Waals surface area contributed by atoms with E-state index in [2.05, 4.69) is 76.4 Å². The molecule has 0 saturated carbocycles. The first kappa shape index (κ1) is 22.6. The molecule has 2 aromatic rings. The highest BCUT2D eigenvalue weighted by atomic mass is 127. The van der Waals surface area contributed by atoms with Crippen LogP contribution in [0.25, 0.3) is 0 Å². The van der Waals surface area contributed by atoms with Crippen LogP contribution in [0.2, 0.25) is 0 Å². The van der Waals surface area contributed by atoms with E-state index in [9.17, 15) is 0 Å². The number of nitrogens with two attached hydrogens (primary N) is 1. The molecule has 0 unspecified atom stereocenters. The smallest absolute Gasteiger partial charge is 0.193 e. The Morgan fingerprint density at radius 1 is 0.964 bits per heavy atom. The van der Waals surface area contributed by atoms with Gasteiger partial charge in [0.1, 0.15) is 0 Å². The van der Waals surface area contributed by atoms with Crippen molar-refractivity contribution in [2.45, 2.75) is 20.4 Å². The third-order valence-corrected chi connectivity index (χ3v) is 5.19. The number of hydrogen-bond acceptors (Lipinski definition) is 3. The fourth-order valence-electron chi connectivity index (χ4n) is 3.33. The van der Waals surface area contributed by atoms with Gasteiger partial charge in [-0.05, 0) is 42.7 Å². The van der Waals surface area contributed by atoms with Gasteiger partial charge in [0.15, 0.2) is 5.96 Å². The molecule has 0 aromatic heterocycles. The van der Waals surface area contributed by atoms with Gasteiger partial charge in [-0.25, -0.2) is 0 Å². The molecule has 2 aromatic carbocycles. The summed E-state index contributed by atoms with van der Waals surface area (Å²) < 4.78 is 0. The van der Waals surface area contributed by atoms with Crippen LogP contribution in [-0.2, 0) is 6.54 Å². The maximum Gasteiger partial charge on any atom is 0.193 e. The third-order valence-electron chi connectivity index (χ3n) is 5.19. The third kappa shape index (κ3) is 7.07. The van der Waals surface area contributed by atoms with Crippen molar-refractivity contribution >= 4 is 35.6 Å². The molecule has 0 bridgehead atoms. The Balaban J connectivity index is 0.00000280. The highest BCUT2D eigenvalue weighted by Gasteiger charge is 2.16. The van der Waals surface area contributed by atoms with Gasteiger partial charge in [-0.2, -0.15) is 0 Å². The molecule has 1 saturated heterocycles. The van der Waals surface area contributed by atoms with Crippen LogP contribution in [0.1, 0.15) is 16.7 Å². The van der Waals surface area contributed by atoms with Crippen LogP contribution in [0, 0.1) is 13.8 Å². The molecule has 1 heterocycles. The Kier molecular flexibility index (Phi) is 9.21. The molecule has 152 valence electrons. The van der Waals surface area contributed by atoms with Gasteiger partial charge < -0.3 is 11.1 Å². The van der Waals surface area contributed by atoms with Gasteiger partial charge in [-0.1, -0.05) is 36.4 Å². The second kappa shape index (κ2) is 11.4. The number of piperazine rings is 1. The van der Waals surface area contributed by atoms with Gasteiger partial charge in [0, 0.05) is 45.0 Å². The Hall–Kier alpha value is -1.64. The summed E-state index contributed by atoms with van der Waals surface area (Å²) in [5, 5.41) is 3.18. The van der Waals surface area contributed by atoms with Crippen molar-refractivity contribution in [3.8, 4) is 0 Å². The number of benzene rings is 2. The van der Waals surface area contributed by atoms with Crippen molar-refractivity contribution in [2.75, 3.05) is 44.6 Å². The van der Waals surface area contributed by atoms with Crippen molar-refractivity contribution in [1.29, 1.82) is 0 Å². The average molecular weight is 493 g/mol. The number of nitrogens with zero attached hydrogens (tertiary/aromatic N) is 3. The summed E-state index contributed by atoms with van der Waals surface area (Å²) in [5.74, 6) is 0.487. The summed E-state index contributed by atoms with van der Waals surface area (Å²) in [6.07, 6.45) is 0. The van der Waals surface area contributed by atoms with E-state index in [1.165, 1.54) is 16.7 Å². The van der Waals surface area contributed by atoms with E-state index in [1.807, 2.05) is 6.07 Å². The van der Waals surface area contributed by atoms with Crippen molar-refractivity contribution in [3.63, 3.8) is 0 Å². The van der Waals surface area contributed by atoms with Gasteiger partial charge in [-0.15, -0.1) is 24.0 Å². The van der Waals surface area contributed by atoms with Crippen molar-refractivity contribution in [2.24, 2.45) is 10.7 Å². The highest BCUT2D eigenvalue weighted by Crippen LogP contribution is 2.13. The van der Waals surface area contributed by atoms with Gasteiger partial charge in [0.25, 0.3) is 0 Å². The number of rotatable bonds is 6. The minimum Gasteiger partial charge on any atom is -0.370 e. The number of anilines is 1. The Morgan fingerprint density at radius 2 is 1.64 bits per heavy atom.